The third-order valence-electron chi connectivity index (χ3n) is 3.25. The number of carbonyl (C=O) groups is 2. The van der Waals surface area contributed by atoms with Gasteiger partial charge in [-0.1, -0.05) is 26.7 Å². The van der Waals surface area contributed by atoms with Gasteiger partial charge in [-0.3, -0.25) is 0 Å². The number of ether oxygens (including phenoxy) is 2. The first kappa shape index (κ1) is 26.7. The normalized spacial score (nSPS) is 10.2. The summed E-state index contributed by atoms with van der Waals surface area (Å²) < 4.78 is 12.9. The minimum absolute atomic E-state index is 0.149. The fourth-order valence-electron chi connectivity index (χ4n) is 1.60. The number of unbranched alkanes of at least 4 members (excludes halogenated alkanes) is 4. The van der Waals surface area contributed by atoms with Crippen molar-refractivity contribution in [2.24, 2.45) is 0 Å². The maximum absolute atomic E-state index is 11.0. The van der Waals surface area contributed by atoms with Gasteiger partial charge in [-0.15, -0.1) is 0 Å². The van der Waals surface area contributed by atoms with E-state index in [9.17, 15) is 9.59 Å². The predicted octanol–water partition coefficient (Wildman–Crippen LogP) is 5.36. The van der Waals surface area contributed by atoms with Crippen LogP contribution in [-0.2, 0) is 19.1 Å². The van der Waals surface area contributed by atoms with Gasteiger partial charge in [0.1, 0.15) is 0 Å². The molecule has 0 aromatic heterocycles. The van der Waals surface area contributed by atoms with E-state index in [2.05, 4.69) is 13.8 Å². The van der Waals surface area contributed by atoms with Crippen LogP contribution >= 0.6 is 0 Å². The van der Waals surface area contributed by atoms with E-state index >= 15 is 0 Å². The molecule has 0 fully saturated rings. The monoisotopic (exact) mass is 462 g/mol. The standard InChI is InChI=1S/C12H20O4.2C4H9.Sn/c1-3-5-9-15-11(13)7-8-12(14)16-10-6-4-2;2*1-3-4-2;/h7-8H,3-6,9-10H2,1-2H3;2*1,3-4H2,2H3;/b8-7-;;;. The molecule has 0 aliphatic heterocycles. The molecule has 0 aliphatic rings. The summed E-state index contributed by atoms with van der Waals surface area (Å²) >= 11 is 0.149. The second-order valence-corrected chi connectivity index (χ2v) is 10.1. The first-order chi connectivity index (χ1) is 12.1. The molecule has 0 spiro atoms. The van der Waals surface area contributed by atoms with Gasteiger partial charge in [0.15, 0.2) is 0 Å². The second kappa shape index (κ2) is 23.5. The summed E-state index contributed by atoms with van der Waals surface area (Å²) in [5.41, 5.74) is 0. The van der Waals surface area contributed by atoms with Crippen molar-refractivity contribution in [1.82, 2.24) is 0 Å². The van der Waals surface area contributed by atoms with E-state index in [1.807, 2.05) is 13.8 Å². The Morgan fingerprint density at radius 1 is 0.680 bits per heavy atom. The van der Waals surface area contributed by atoms with Crippen LogP contribution in [0.15, 0.2) is 12.2 Å². The summed E-state index contributed by atoms with van der Waals surface area (Å²) in [6.45, 7) is 9.39. The molecular formula is C20H38O4Sn. The Labute approximate surface area is 165 Å². The third kappa shape index (κ3) is 25.8. The van der Waals surface area contributed by atoms with E-state index in [0.29, 0.717) is 13.2 Å². The Morgan fingerprint density at radius 3 is 1.36 bits per heavy atom. The van der Waals surface area contributed by atoms with Crippen molar-refractivity contribution in [2.75, 3.05) is 13.2 Å². The molecule has 0 aromatic carbocycles. The molecule has 146 valence electrons. The number of hydrogen-bond donors (Lipinski definition) is 0. The Balaban J connectivity index is 0. The fraction of sp³-hybridized carbons (Fsp3) is 0.800. The first-order valence-corrected chi connectivity index (χ1v) is 13.9. The molecule has 25 heavy (non-hydrogen) atoms. The summed E-state index contributed by atoms with van der Waals surface area (Å²) in [7, 11) is 0. The van der Waals surface area contributed by atoms with Crippen LogP contribution in [0.5, 0.6) is 0 Å². The predicted molar refractivity (Wildman–Crippen MR) is 106 cm³/mol. The van der Waals surface area contributed by atoms with Gasteiger partial charge in [0, 0.05) is 12.2 Å². The number of hydrogen-bond acceptors (Lipinski definition) is 4. The van der Waals surface area contributed by atoms with E-state index in [1.165, 1.54) is 25.7 Å². The van der Waals surface area contributed by atoms with Crippen LogP contribution in [-0.4, -0.2) is 46.3 Å². The summed E-state index contributed by atoms with van der Waals surface area (Å²) in [6, 6.07) is 0. The SMILES string of the molecule is CCCCOC(=O)/C=C\C(=O)OCCCC.CCC[CH2][Sn][CH2]CCC. The topological polar surface area (TPSA) is 52.6 Å². The van der Waals surface area contributed by atoms with E-state index in [-0.39, 0.29) is 21.1 Å². The van der Waals surface area contributed by atoms with Gasteiger partial charge in [0.05, 0.1) is 13.2 Å². The van der Waals surface area contributed by atoms with Crippen molar-refractivity contribution in [2.45, 2.75) is 87.9 Å². The maximum atomic E-state index is 11.0. The van der Waals surface area contributed by atoms with Crippen molar-refractivity contribution in [3.05, 3.63) is 12.2 Å². The summed E-state index contributed by atoms with van der Waals surface area (Å²) in [4.78, 5) is 22.1. The first-order valence-electron chi connectivity index (χ1n) is 9.84. The van der Waals surface area contributed by atoms with Gasteiger partial charge in [-0.2, -0.15) is 0 Å². The molecule has 0 amide bonds. The Hall–Kier alpha value is -0.521. The Morgan fingerprint density at radius 2 is 1.04 bits per heavy atom. The molecule has 0 bridgehead atoms. The minimum atomic E-state index is -0.499. The molecule has 0 saturated carbocycles. The van der Waals surface area contributed by atoms with Crippen LogP contribution in [0.3, 0.4) is 0 Å². The summed E-state index contributed by atoms with van der Waals surface area (Å²) in [6.07, 6.45) is 11.6. The molecule has 2 radical (unpaired) electrons. The molecule has 0 aliphatic carbocycles. The Kier molecular flexibility index (Phi) is 25.1. The molecular weight excluding hydrogens is 423 g/mol. The molecule has 0 aromatic rings. The van der Waals surface area contributed by atoms with Crippen LogP contribution in [0, 0.1) is 0 Å². The van der Waals surface area contributed by atoms with Crippen molar-refractivity contribution < 1.29 is 19.1 Å². The van der Waals surface area contributed by atoms with E-state index < -0.39 is 11.9 Å². The van der Waals surface area contributed by atoms with Crippen LogP contribution in [0.1, 0.15) is 79.1 Å². The van der Waals surface area contributed by atoms with Gasteiger partial charge >= 0.3 is 81.5 Å². The zero-order valence-corrected chi connectivity index (χ0v) is 19.6. The van der Waals surface area contributed by atoms with Crippen LogP contribution in [0.4, 0.5) is 0 Å². The zero-order valence-electron chi connectivity index (χ0n) is 16.8. The number of esters is 2. The van der Waals surface area contributed by atoms with Crippen LogP contribution < -0.4 is 0 Å². The number of rotatable bonds is 14. The van der Waals surface area contributed by atoms with Gasteiger partial charge < -0.3 is 9.47 Å². The zero-order chi connectivity index (χ0) is 19.2. The van der Waals surface area contributed by atoms with Gasteiger partial charge in [0.2, 0.25) is 0 Å². The molecule has 4 nitrogen and oxygen atoms in total. The average molecular weight is 461 g/mol. The fourth-order valence-corrected chi connectivity index (χ4v) is 5.75. The second-order valence-electron chi connectivity index (χ2n) is 5.83. The van der Waals surface area contributed by atoms with Crippen molar-refractivity contribution in [1.29, 1.82) is 0 Å². The molecule has 5 heteroatoms. The van der Waals surface area contributed by atoms with Gasteiger partial charge in [0.25, 0.3) is 0 Å². The Bertz CT molecular complexity index is 300. The van der Waals surface area contributed by atoms with Crippen molar-refractivity contribution in [3.63, 3.8) is 0 Å². The van der Waals surface area contributed by atoms with Crippen molar-refractivity contribution >= 4 is 33.1 Å². The molecule has 0 saturated heterocycles. The van der Waals surface area contributed by atoms with Crippen LogP contribution in [0.25, 0.3) is 0 Å². The van der Waals surface area contributed by atoms with E-state index in [4.69, 9.17) is 9.47 Å². The van der Waals surface area contributed by atoms with Gasteiger partial charge in [-0.05, 0) is 12.8 Å². The molecule has 0 atom stereocenters. The quantitative estimate of drug-likeness (QED) is 0.151. The van der Waals surface area contributed by atoms with Gasteiger partial charge in [-0.25, -0.2) is 9.59 Å². The van der Waals surface area contributed by atoms with E-state index in [1.54, 1.807) is 8.87 Å². The van der Waals surface area contributed by atoms with Crippen LogP contribution in [0.2, 0.25) is 8.87 Å². The molecule has 0 unspecified atom stereocenters. The van der Waals surface area contributed by atoms with Crippen molar-refractivity contribution in [3.8, 4) is 0 Å². The molecule has 0 heterocycles. The van der Waals surface area contributed by atoms with E-state index in [0.717, 1.165) is 37.8 Å². The third-order valence-corrected chi connectivity index (χ3v) is 7.29. The average Bonchev–Trinajstić information content (AvgIpc) is 2.61. The molecule has 0 N–H and O–H groups in total. The number of carbonyl (C=O) groups excluding carboxylic acids is 2. The summed E-state index contributed by atoms with van der Waals surface area (Å²) in [5, 5.41) is 0. The summed E-state index contributed by atoms with van der Waals surface area (Å²) in [5.74, 6) is -0.998. The molecule has 0 rings (SSSR count).